The Morgan fingerprint density at radius 1 is 1.12 bits per heavy atom. The van der Waals surface area contributed by atoms with Gasteiger partial charge in [-0.25, -0.2) is 0 Å². The molecule has 1 fully saturated rings. The molecule has 7 heteroatoms. The van der Waals surface area contributed by atoms with E-state index in [0.29, 0.717) is 11.8 Å². The molecule has 0 aromatic carbocycles. The van der Waals surface area contributed by atoms with E-state index in [0.717, 1.165) is 32.6 Å². The summed E-state index contributed by atoms with van der Waals surface area (Å²) in [5.74, 6) is 0.588. The number of hydrogen-bond acceptors (Lipinski definition) is 4. The van der Waals surface area contributed by atoms with Crippen LogP contribution in [0.1, 0.15) is 12.8 Å². The Hall–Kier alpha value is -1.53. The van der Waals surface area contributed by atoms with Crippen molar-refractivity contribution in [2.75, 3.05) is 18.1 Å². The van der Waals surface area contributed by atoms with Gasteiger partial charge in [-0.15, -0.1) is 9.65 Å². The van der Waals surface area contributed by atoms with E-state index in [1.54, 1.807) is 9.82 Å². The summed E-state index contributed by atoms with van der Waals surface area (Å²) in [5.41, 5.74) is 0. The lowest BCUT2D eigenvalue weighted by atomic mass is 9.94. The second-order valence-corrected chi connectivity index (χ2v) is 4.94. The summed E-state index contributed by atoms with van der Waals surface area (Å²) in [6.45, 7) is 3.55. The molecule has 0 spiro atoms. The third-order valence-corrected chi connectivity index (χ3v) is 3.80. The number of nitrogens with zero attached hydrogens (tertiary/aromatic N) is 4. The van der Waals surface area contributed by atoms with Gasteiger partial charge in [0.1, 0.15) is 0 Å². The van der Waals surface area contributed by atoms with Crippen molar-refractivity contribution in [3.8, 4) is 0 Å². The van der Waals surface area contributed by atoms with Crippen LogP contribution < -0.4 is 10.8 Å². The van der Waals surface area contributed by atoms with Gasteiger partial charge in [-0.2, -0.15) is 4.79 Å². The van der Waals surface area contributed by atoms with Crippen molar-refractivity contribution in [3.63, 3.8) is 0 Å². The smallest absolute Gasteiger partial charge is 0.287 e. The normalized spacial score (nSPS) is 30.4. The summed E-state index contributed by atoms with van der Waals surface area (Å²) >= 11 is 0. The van der Waals surface area contributed by atoms with Gasteiger partial charge in [0.2, 0.25) is 0 Å². The Morgan fingerprint density at radius 2 is 2.06 bits per heavy atom. The first-order chi connectivity index (χ1) is 7.79. The first-order valence-electron chi connectivity index (χ1n) is 5.79. The van der Waals surface area contributed by atoms with Crippen molar-refractivity contribution in [1.82, 2.24) is 14.6 Å². The predicted molar refractivity (Wildman–Crippen MR) is 53.0 cm³/mol. The summed E-state index contributed by atoms with van der Waals surface area (Å²) in [7, 11) is 0. The van der Waals surface area contributed by atoms with Gasteiger partial charge in [0.25, 0.3) is 0 Å². The Bertz CT molecular complexity index is 514. The number of hydrogen-bond donors (Lipinski definition) is 0. The fourth-order valence-corrected chi connectivity index (χ4v) is 3.14. The van der Waals surface area contributed by atoms with Crippen LogP contribution in [0.3, 0.4) is 0 Å². The third-order valence-electron chi connectivity index (χ3n) is 3.80. The SMILES string of the molecule is O=c1on2n3n(o1)N1CCC(CC(C1)C2)C3. The van der Waals surface area contributed by atoms with Crippen LogP contribution in [-0.4, -0.2) is 27.7 Å². The van der Waals surface area contributed by atoms with Gasteiger partial charge in [-0.05, 0) is 23.7 Å². The Balaban J connectivity index is 2.04. The molecule has 0 aliphatic carbocycles. The van der Waals surface area contributed by atoms with Gasteiger partial charge in [-0.1, -0.05) is 0 Å². The molecule has 1 aromatic heterocycles. The summed E-state index contributed by atoms with van der Waals surface area (Å²) in [6.07, 6.45) is 2.38. The van der Waals surface area contributed by atoms with Crippen LogP contribution in [0.4, 0.5) is 0 Å². The first-order valence-corrected chi connectivity index (χ1v) is 5.79. The minimum Gasteiger partial charge on any atom is -0.287 e. The van der Waals surface area contributed by atoms with E-state index in [2.05, 4.69) is 5.01 Å². The van der Waals surface area contributed by atoms with Crippen molar-refractivity contribution in [1.29, 1.82) is 0 Å². The lowest BCUT2D eigenvalue weighted by Crippen LogP contribution is -2.42. The largest absolute Gasteiger partial charge is 0.563 e. The van der Waals surface area contributed by atoms with Gasteiger partial charge in [-0.3, -0.25) is 14.1 Å². The Kier molecular flexibility index (Phi) is 1.49. The van der Waals surface area contributed by atoms with Crippen molar-refractivity contribution in [2.24, 2.45) is 11.8 Å². The van der Waals surface area contributed by atoms with E-state index in [1.807, 2.05) is 4.80 Å². The van der Waals surface area contributed by atoms with Crippen LogP contribution >= 0.6 is 0 Å². The monoisotopic (exact) mass is 226 g/mol. The van der Waals surface area contributed by atoms with Crippen LogP contribution in [-0.2, 0) is 13.1 Å². The van der Waals surface area contributed by atoms with E-state index in [9.17, 15) is 4.79 Å². The first kappa shape index (κ1) is 8.60. The molecule has 0 radical (unpaired) electrons. The second-order valence-electron chi connectivity index (χ2n) is 4.94. The summed E-state index contributed by atoms with van der Waals surface area (Å²) < 4.78 is 10.2. The van der Waals surface area contributed by atoms with E-state index in [1.165, 1.54) is 6.42 Å². The summed E-state index contributed by atoms with van der Waals surface area (Å²) in [4.78, 5) is 16.5. The van der Waals surface area contributed by atoms with Gasteiger partial charge in [0.15, 0.2) is 0 Å². The maximum absolute atomic E-state index is 11.3. The fraction of sp³-hybridized carbons (Fsp3) is 0.889. The standard InChI is InChI=1S/C9H14N4O3/c14-9-15-12-6-8-3-7-1-2-10(4-8)13(16-9)11(12)5-7/h7-8H,1-6H2. The zero-order valence-electron chi connectivity index (χ0n) is 8.91. The highest BCUT2D eigenvalue weighted by Crippen LogP contribution is 2.29. The highest BCUT2D eigenvalue weighted by atomic mass is 16.7. The van der Waals surface area contributed by atoms with Crippen molar-refractivity contribution in [2.45, 2.75) is 25.9 Å². The Morgan fingerprint density at radius 3 is 3.00 bits per heavy atom. The van der Waals surface area contributed by atoms with Crippen LogP contribution in [0.2, 0.25) is 0 Å². The van der Waals surface area contributed by atoms with Crippen molar-refractivity contribution in [3.05, 3.63) is 10.6 Å². The predicted octanol–water partition coefficient (Wildman–Crippen LogP) is -0.247. The molecule has 16 heavy (non-hydrogen) atoms. The molecule has 5 rings (SSSR count). The minimum absolute atomic E-state index is 0.553. The van der Waals surface area contributed by atoms with E-state index in [-0.39, 0.29) is 0 Å². The van der Waals surface area contributed by atoms with Crippen LogP contribution in [0, 0.1) is 11.8 Å². The third kappa shape index (κ3) is 1.05. The molecule has 1 saturated heterocycles. The number of fused-ring (bicyclic) bond motifs is 1. The van der Waals surface area contributed by atoms with Gasteiger partial charge >= 0.3 is 5.82 Å². The zero-order chi connectivity index (χ0) is 10.7. The second kappa shape index (κ2) is 2.78. The van der Waals surface area contributed by atoms with Crippen molar-refractivity contribution >= 4 is 0 Å². The van der Waals surface area contributed by atoms with Crippen molar-refractivity contribution < 1.29 is 9.05 Å². The van der Waals surface area contributed by atoms with Crippen LogP contribution in [0.15, 0.2) is 13.8 Å². The lowest BCUT2D eigenvalue weighted by Gasteiger charge is -2.24. The molecule has 4 aliphatic heterocycles. The molecule has 2 atom stereocenters. The maximum Gasteiger partial charge on any atom is 0.563 e. The molecule has 5 heterocycles. The fourth-order valence-electron chi connectivity index (χ4n) is 3.14. The Labute approximate surface area is 91.0 Å². The maximum atomic E-state index is 11.3. The molecule has 2 unspecified atom stereocenters. The van der Waals surface area contributed by atoms with Crippen LogP contribution in [0.5, 0.6) is 0 Å². The molecule has 0 N–H and O–H groups in total. The van der Waals surface area contributed by atoms with E-state index >= 15 is 0 Å². The van der Waals surface area contributed by atoms with Gasteiger partial charge in [0.05, 0.1) is 13.1 Å². The van der Waals surface area contributed by atoms with E-state index in [4.69, 9.17) is 9.05 Å². The summed E-state index contributed by atoms with van der Waals surface area (Å²) in [6, 6.07) is 0. The van der Waals surface area contributed by atoms with Gasteiger partial charge in [0, 0.05) is 19.0 Å². The molecule has 88 valence electrons. The molecular formula is C9H14N4O3. The topological polar surface area (TPSA) is 61.4 Å². The highest BCUT2D eigenvalue weighted by Gasteiger charge is 2.35. The average Bonchev–Trinajstić information content (AvgIpc) is 2.61. The van der Waals surface area contributed by atoms with E-state index < -0.39 is 5.82 Å². The quantitative estimate of drug-likeness (QED) is 0.612. The lowest BCUT2D eigenvalue weighted by molar-refractivity contribution is -0.0220. The molecule has 0 saturated carbocycles. The molecule has 7 nitrogen and oxygen atoms in total. The molecule has 1 aromatic rings. The molecule has 4 aliphatic rings. The van der Waals surface area contributed by atoms with Gasteiger partial charge < -0.3 is 0 Å². The number of aromatic nitrogens is 3. The number of rotatable bonds is 0. The molecule has 0 amide bonds. The highest BCUT2D eigenvalue weighted by molar-refractivity contribution is 4.91. The van der Waals surface area contributed by atoms with Crippen LogP contribution in [0.25, 0.3) is 0 Å². The summed E-state index contributed by atoms with van der Waals surface area (Å²) in [5, 5.41) is 2.11. The molecular weight excluding hydrogens is 212 g/mol. The molecule has 6 bridgehead atoms. The average molecular weight is 226 g/mol. The zero-order valence-corrected chi connectivity index (χ0v) is 8.91. The minimum atomic E-state index is -0.637.